The van der Waals surface area contributed by atoms with Crippen LogP contribution in [0, 0.1) is 29.9 Å². The van der Waals surface area contributed by atoms with E-state index in [2.05, 4.69) is 5.32 Å². The van der Waals surface area contributed by atoms with E-state index in [1.165, 1.54) is 18.2 Å². The average molecular weight is 356 g/mol. The smallest absolute Gasteiger partial charge is 0.308 e. The highest BCUT2D eigenvalue weighted by molar-refractivity contribution is 5.96. The van der Waals surface area contributed by atoms with E-state index in [1.807, 2.05) is 31.2 Å². The van der Waals surface area contributed by atoms with Crippen LogP contribution in [0.1, 0.15) is 27.0 Å². The number of rotatable bonds is 7. The van der Waals surface area contributed by atoms with Crippen molar-refractivity contribution in [2.75, 3.05) is 6.54 Å². The molecule has 0 aliphatic rings. The maximum absolute atomic E-state index is 12.3. The molecule has 0 fully saturated rings. The van der Waals surface area contributed by atoms with E-state index in [-0.39, 0.29) is 17.8 Å². The lowest BCUT2D eigenvalue weighted by atomic mass is 9.98. The van der Waals surface area contributed by atoms with Crippen molar-refractivity contribution >= 4 is 17.6 Å². The molecule has 0 spiro atoms. The van der Waals surface area contributed by atoms with Gasteiger partial charge in [-0.05, 0) is 37.5 Å². The molecule has 26 heavy (non-hydrogen) atoms. The molecule has 0 heterocycles. The predicted molar refractivity (Wildman–Crippen MR) is 96.2 cm³/mol. The van der Waals surface area contributed by atoms with Gasteiger partial charge < -0.3 is 10.4 Å². The van der Waals surface area contributed by atoms with E-state index in [4.69, 9.17) is 0 Å². The highest BCUT2D eigenvalue weighted by atomic mass is 16.6. The maximum atomic E-state index is 12.3. The number of nitrogens with one attached hydrogen (secondary N) is 1. The maximum Gasteiger partial charge on any atom is 0.308 e. The summed E-state index contributed by atoms with van der Waals surface area (Å²) in [6.07, 6.45) is 0.302. The van der Waals surface area contributed by atoms with Gasteiger partial charge in [0.1, 0.15) is 0 Å². The normalized spacial score (nSPS) is 11.6. The van der Waals surface area contributed by atoms with Crippen LogP contribution < -0.4 is 5.32 Å². The Hall–Kier alpha value is -3.22. The molecule has 0 aliphatic heterocycles. The van der Waals surface area contributed by atoms with Crippen LogP contribution >= 0.6 is 0 Å². The van der Waals surface area contributed by atoms with E-state index in [0.29, 0.717) is 12.0 Å². The van der Waals surface area contributed by atoms with E-state index < -0.39 is 22.7 Å². The minimum Gasteiger partial charge on any atom is -0.481 e. The highest BCUT2D eigenvalue weighted by Crippen LogP contribution is 2.17. The summed E-state index contributed by atoms with van der Waals surface area (Å²) >= 11 is 0. The van der Waals surface area contributed by atoms with Gasteiger partial charge in [0.05, 0.1) is 10.8 Å². The van der Waals surface area contributed by atoms with Gasteiger partial charge in [-0.3, -0.25) is 19.7 Å². The minimum absolute atomic E-state index is 0.0292. The van der Waals surface area contributed by atoms with Crippen LogP contribution in [0.2, 0.25) is 0 Å². The Labute approximate surface area is 150 Å². The standard InChI is InChI=1S/C19H20N2O5/c1-12-4-3-5-14(8-12)10-15(19(23)24)11-20-18(22)17-7-6-16(21(25)26)9-13(17)2/h3-9,15H,10-11H2,1-2H3,(H,20,22)(H,23,24). The van der Waals surface area contributed by atoms with Crippen molar-refractivity contribution in [1.82, 2.24) is 5.32 Å². The van der Waals surface area contributed by atoms with Gasteiger partial charge in [0.2, 0.25) is 0 Å². The molecule has 1 amide bonds. The Balaban J connectivity index is 2.05. The monoisotopic (exact) mass is 356 g/mol. The molecule has 0 saturated carbocycles. The first-order chi connectivity index (χ1) is 12.3. The molecule has 1 unspecified atom stereocenters. The zero-order valence-corrected chi connectivity index (χ0v) is 14.6. The molecule has 7 heteroatoms. The third kappa shape index (κ3) is 4.89. The van der Waals surface area contributed by atoms with Crippen LogP contribution in [0.15, 0.2) is 42.5 Å². The number of carboxylic acid groups (broad SMARTS) is 1. The fraction of sp³-hybridized carbons (Fsp3) is 0.263. The first-order valence-electron chi connectivity index (χ1n) is 8.09. The topological polar surface area (TPSA) is 110 Å². The Bertz CT molecular complexity index is 848. The molecule has 2 aromatic rings. The number of carbonyl (C=O) groups excluding carboxylic acids is 1. The van der Waals surface area contributed by atoms with Gasteiger partial charge >= 0.3 is 5.97 Å². The van der Waals surface area contributed by atoms with Crippen molar-refractivity contribution in [3.05, 3.63) is 74.8 Å². The van der Waals surface area contributed by atoms with E-state index in [0.717, 1.165) is 11.1 Å². The summed E-state index contributed by atoms with van der Waals surface area (Å²) in [5, 5.41) is 22.8. The molecular formula is C19H20N2O5. The van der Waals surface area contributed by atoms with Gasteiger partial charge in [0, 0.05) is 24.2 Å². The molecular weight excluding hydrogens is 336 g/mol. The second-order valence-corrected chi connectivity index (χ2v) is 6.19. The molecule has 2 N–H and O–H groups in total. The summed E-state index contributed by atoms with van der Waals surface area (Å²) in [5.74, 6) is -2.21. The number of aryl methyl sites for hydroxylation is 2. The van der Waals surface area contributed by atoms with Gasteiger partial charge in [0.25, 0.3) is 11.6 Å². The number of nitrogens with zero attached hydrogens (tertiary/aromatic N) is 1. The number of hydrogen-bond acceptors (Lipinski definition) is 4. The molecule has 7 nitrogen and oxygen atoms in total. The summed E-state index contributed by atoms with van der Waals surface area (Å²) in [4.78, 5) is 34.0. The van der Waals surface area contributed by atoms with Crippen LogP contribution in [0.3, 0.4) is 0 Å². The van der Waals surface area contributed by atoms with Crippen molar-refractivity contribution < 1.29 is 19.6 Å². The quantitative estimate of drug-likeness (QED) is 0.585. The van der Waals surface area contributed by atoms with E-state index in [1.54, 1.807) is 6.92 Å². The van der Waals surface area contributed by atoms with Crippen LogP contribution in [-0.4, -0.2) is 28.5 Å². The fourth-order valence-corrected chi connectivity index (χ4v) is 2.70. The van der Waals surface area contributed by atoms with Gasteiger partial charge in [0.15, 0.2) is 0 Å². The second-order valence-electron chi connectivity index (χ2n) is 6.19. The van der Waals surface area contributed by atoms with Crippen molar-refractivity contribution in [3.8, 4) is 0 Å². The number of nitro groups is 1. The number of benzene rings is 2. The lowest BCUT2D eigenvalue weighted by Crippen LogP contribution is -2.34. The van der Waals surface area contributed by atoms with Crippen LogP contribution in [0.5, 0.6) is 0 Å². The number of non-ortho nitro benzene ring substituents is 1. The molecule has 0 aromatic heterocycles. The Morgan fingerprint density at radius 2 is 1.92 bits per heavy atom. The first kappa shape index (κ1) is 19.1. The molecule has 0 saturated heterocycles. The largest absolute Gasteiger partial charge is 0.481 e. The van der Waals surface area contributed by atoms with Gasteiger partial charge in [-0.15, -0.1) is 0 Å². The Morgan fingerprint density at radius 3 is 2.50 bits per heavy atom. The minimum atomic E-state index is -0.993. The van der Waals surface area contributed by atoms with Crippen LogP contribution in [-0.2, 0) is 11.2 Å². The lowest BCUT2D eigenvalue weighted by molar-refractivity contribution is -0.384. The van der Waals surface area contributed by atoms with Gasteiger partial charge in [-0.1, -0.05) is 29.8 Å². The molecule has 0 radical (unpaired) electrons. The van der Waals surface area contributed by atoms with Crippen molar-refractivity contribution in [1.29, 1.82) is 0 Å². The van der Waals surface area contributed by atoms with Crippen molar-refractivity contribution in [2.45, 2.75) is 20.3 Å². The average Bonchev–Trinajstić information content (AvgIpc) is 2.57. The summed E-state index contributed by atoms with van der Waals surface area (Å²) in [5.41, 5.74) is 2.58. The first-order valence-corrected chi connectivity index (χ1v) is 8.09. The summed E-state index contributed by atoms with van der Waals surface area (Å²) in [7, 11) is 0. The number of hydrogen-bond donors (Lipinski definition) is 2. The highest BCUT2D eigenvalue weighted by Gasteiger charge is 2.20. The van der Waals surface area contributed by atoms with Crippen molar-refractivity contribution in [2.24, 2.45) is 5.92 Å². The van der Waals surface area contributed by atoms with E-state index >= 15 is 0 Å². The predicted octanol–water partition coefficient (Wildman–Crippen LogP) is 2.88. The summed E-state index contributed by atoms with van der Waals surface area (Å²) in [6.45, 7) is 3.50. The summed E-state index contributed by atoms with van der Waals surface area (Å²) < 4.78 is 0. The zero-order valence-electron chi connectivity index (χ0n) is 14.6. The lowest BCUT2D eigenvalue weighted by Gasteiger charge is -2.14. The summed E-state index contributed by atoms with van der Waals surface area (Å²) in [6, 6.07) is 11.5. The Kier molecular flexibility index (Phi) is 6.06. The van der Waals surface area contributed by atoms with Crippen LogP contribution in [0.25, 0.3) is 0 Å². The molecule has 136 valence electrons. The van der Waals surface area contributed by atoms with Gasteiger partial charge in [-0.2, -0.15) is 0 Å². The molecule has 0 aliphatic carbocycles. The molecule has 1 atom stereocenters. The van der Waals surface area contributed by atoms with E-state index in [9.17, 15) is 24.8 Å². The second kappa shape index (κ2) is 8.24. The SMILES string of the molecule is Cc1cccc(CC(CNC(=O)c2ccc([N+](=O)[O-])cc2C)C(=O)O)c1. The van der Waals surface area contributed by atoms with Crippen molar-refractivity contribution in [3.63, 3.8) is 0 Å². The molecule has 2 rings (SSSR count). The Morgan fingerprint density at radius 1 is 1.19 bits per heavy atom. The molecule has 0 bridgehead atoms. The number of nitro benzene ring substituents is 1. The number of carboxylic acids is 1. The number of amides is 1. The third-order valence-corrected chi connectivity index (χ3v) is 4.09. The van der Waals surface area contributed by atoms with Gasteiger partial charge in [-0.25, -0.2) is 0 Å². The number of carbonyl (C=O) groups is 2. The molecule has 2 aromatic carbocycles. The fourth-order valence-electron chi connectivity index (χ4n) is 2.70. The van der Waals surface area contributed by atoms with Crippen LogP contribution in [0.4, 0.5) is 5.69 Å². The number of aliphatic carboxylic acids is 1. The zero-order chi connectivity index (χ0) is 19.3. The third-order valence-electron chi connectivity index (χ3n) is 4.09.